The molecule has 0 N–H and O–H groups in total. The highest BCUT2D eigenvalue weighted by Gasteiger charge is 2.36. The Labute approximate surface area is 136 Å². The van der Waals surface area contributed by atoms with Gasteiger partial charge in [-0.15, -0.1) is 0 Å². The summed E-state index contributed by atoms with van der Waals surface area (Å²) in [4.78, 5) is 0. The first-order valence-corrected chi connectivity index (χ1v) is 9.03. The Morgan fingerprint density at radius 2 is 1.65 bits per heavy atom. The lowest BCUT2D eigenvalue weighted by Gasteiger charge is -2.08. The minimum atomic E-state index is -6.09. The molecule has 0 radical (unpaired) electrons. The summed E-state index contributed by atoms with van der Waals surface area (Å²) in [5.41, 5.74) is -4.19. The number of rotatable bonds is 7. The van der Waals surface area contributed by atoms with E-state index in [1.165, 1.54) is 44.3 Å². The number of aromatic nitrogens is 1. The van der Waals surface area contributed by atoms with Crippen molar-refractivity contribution in [1.29, 1.82) is 0 Å². The van der Waals surface area contributed by atoms with E-state index in [1.807, 2.05) is 0 Å². The lowest BCUT2D eigenvalue weighted by Crippen LogP contribution is -2.37. The van der Waals surface area contributed by atoms with Gasteiger partial charge in [0.05, 0.1) is 0 Å². The fraction of sp³-hybridized carbons (Fsp3) is 0.667. The molecule has 1 aromatic rings. The standard InChI is InChI=1S/C14H24N.CHF3O3S/c1-3-5-6-7-9-12-15-13-10-8-11-14(15)4-2;2-1(3,4)8(5,6)7/h8,10-11,13H,3-7,9,12H2,1-2H3;(H,5,6,7)/q+1;/p-1. The molecule has 8 heteroatoms. The fourth-order valence-electron chi connectivity index (χ4n) is 1.94. The van der Waals surface area contributed by atoms with Crippen LogP contribution >= 0.6 is 0 Å². The van der Waals surface area contributed by atoms with Crippen molar-refractivity contribution in [1.82, 2.24) is 0 Å². The average Bonchev–Trinajstić information content (AvgIpc) is 2.46. The van der Waals surface area contributed by atoms with Crippen LogP contribution in [0.5, 0.6) is 0 Å². The first-order valence-electron chi connectivity index (χ1n) is 7.63. The molecule has 4 nitrogen and oxygen atoms in total. The van der Waals surface area contributed by atoms with E-state index in [1.54, 1.807) is 0 Å². The monoisotopic (exact) mass is 355 g/mol. The smallest absolute Gasteiger partial charge is 0.485 e. The van der Waals surface area contributed by atoms with Gasteiger partial charge in [0.25, 0.3) is 0 Å². The molecule has 0 saturated heterocycles. The molecule has 0 aliphatic carbocycles. The van der Waals surface area contributed by atoms with Crippen LogP contribution in [0.3, 0.4) is 0 Å². The van der Waals surface area contributed by atoms with E-state index in [2.05, 4.69) is 42.8 Å². The van der Waals surface area contributed by atoms with Gasteiger partial charge in [0, 0.05) is 25.0 Å². The first-order chi connectivity index (χ1) is 10.6. The largest absolute Gasteiger partial charge is 0.741 e. The molecule has 1 heterocycles. The molecule has 0 aliphatic heterocycles. The molecule has 134 valence electrons. The summed E-state index contributed by atoms with van der Waals surface area (Å²) in [5, 5.41) is 0. The number of nitrogens with zero attached hydrogens (tertiary/aromatic N) is 1. The van der Waals surface area contributed by atoms with Crippen LogP contribution in [0.4, 0.5) is 13.2 Å². The molecule has 0 amide bonds. The zero-order valence-electron chi connectivity index (χ0n) is 13.5. The molecule has 1 rings (SSSR count). The second kappa shape index (κ2) is 10.6. The molecular weight excluding hydrogens is 331 g/mol. The van der Waals surface area contributed by atoms with Crippen LogP contribution in [0.1, 0.15) is 51.6 Å². The van der Waals surface area contributed by atoms with E-state index >= 15 is 0 Å². The molecule has 0 aliphatic rings. The van der Waals surface area contributed by atoms with E-state index in [0.29, 0.717) is 0 Å². The van der Waals surface area contributed by atoms with Crippen LogP contribution in [0, 0.1) is 0 Å². The van der Waals surface area contributed by atoms with Crippen LogP contribution in [-0.4, -0.2) is 18.5 Å². The lowest BCUT2D eigenvalue weighted by atomic mass is 10.1. The maximum Gasteiger partial charge on any atom is 0.485 e. The molecule has 0 aromatic carbocycles. The topological polar surface area (TPSA) is 61.1 Å². The maximum atomic E-state index is 10.7. The first kappa shape index (κ1) is 21.9. The number of hydrogen-bond donors (Lipinski definition) is 0. The number of halogens is 3. The van der Waals surface area contributed by atoms with Gasteiger partial charge in [-0.1, -0.05) is 39.2 Å². The minimum absolute atomic E-state index is 1.13. The van der Waals surface area contributed by atoms with Gasteiger partial charge in [0.1, 0.15) is 6.54 Å². The Bertz CT molecular complexity index is 545. The summed E-state index contributed by atoms with van der Waals surface area (Å²) < 4.78 is 61.3. The Morgan fingerprint density at radius 1 is 1.09 bits per heavy atom. The van der Waals surface area contributed by atoms with Crippen molar-refractivity contribution >= 4 is 10.1 Å². The quantitative estimate of drug-likeness (QED) is 0.325. The molecule has 0 fully saturated rings. The third-order valence-corrected chi connectivity index (χ3v) is 3.75. The van der Waals surface area contributed by atoms with Gasteiger partial charge >= 0.3 is 5.51 Å². The van der Waals surface area contributed by atoms with E-state index in [-0.39, 0.29) is 0 Å². The highest BCUT2D eigenvalue weighted by Crippen LogP contribution is 2.20. The van der Waals surface area contributed by atoms with Crippen LogP contribution in [0.2, 0.25) is 0 Å². The Kier molecular flexibility index (Phi) is 10.1. The number of alkyl halides is 3. The molecular formula is C15H24F3NO3S. The molecule has 0 bridgehead atoms. The predicted molar refractivity (Wildman–Crippen MR) is 80.5 cm³/mol. The van der Waals surface area contributed by atoms with Crippen molar-refractivity contribution in [2.75, 3.05) is 0 Å². The number of hydrogen-bond acceptors (Lipinski definition) is 3. The summed E-state index contributed by atoms with van der Waals surface area (Å²) in [6.07, 6.45) is 10.2. The van der Waals surface area contributed by atoms with Crippen molar-refractivity contribution in [3.8, 4) is 0 Å². The maximum absolute atomic E-state index is 10.7. The fourth-order valence-corrected chi connectivity index (χ4v) is 1.94. The summed E-state index contributed by atoms with van der Waals surface area (Å²) in [6, 6.07) is 6.49. The Morgan fingerprint density at radius 3 is 2.13 bits per heavy atom. The Balaban J connectivity index is 0.000000515. The van der Waals surface area contributed by atoms with Gasteiger partial charge in [-0.25, -0.2) is 13.0 Å². The van der Waals surface area contributed by atoms with Gasteiger partial charge in [-0.05, 0) is 6.42 Å². The van der Waals surface area contributed by atoms with Gasteiger partial charge in [0.2, 0.25) is 0 Å². The second-order valence-corrected chi connectivity index (χ2v) is 6.42. The average molecular weight is 355 g/mol. The van der Waals surface area contributed by atoms with Crippen molar-refractivity contribution in [3.63, 3.8) is 0 Å². The van der Waals surface area contributed by atoms with E-state index in [4.69, 9.17) is 13.0 Å². The molecule has 1 aromatic heterocycles. The van der Waals surface area contributed by atoms with Crippen LogP contribution < -0.4 is 4.57 Å². The Hall–Kier alpha value is -1.15. The number of unbranched alkanes of at least 4 members (excludes halogenated alkanes) is 4. The third kappa shape index (κ3) is 9.55. The SMILES string of the molecule is CCCCCCC[n+]1ccccc1CC.O=S(=O)([O-])C(F)(F)F. The summed E-state index contributed by atoms with van der Waals surface area (Å²) >= 11 is 0. The zero-order valence-corrected chi connectivity index (χ0v) is 14.3. The van der Waals surface area contributed by atoms with Crippen molar-refractivity contribution < 1.29 is 30.7 Å². The van der Waals surface area contributed by atoms with Crippen LogP contribution in [0.15, 0.2) is 24.4 Å². The molecule has 0 atom stereocenters. The van der Waals surface area contributed by atoms with Crippen molar-refractivity contribution in [2.45, 2.75) is 64.4 Å². The van der Waals surface area contributed by atoms with Gasteiger partial charge < -0.3 is 4.55 Å². The predicted octanol–water partition coefficient (Wildman–Crippen LogP) is 3.56. The minimum Gasteiger partial charge on any atom is -0.741 e. The van der Waals surface area contributed by atoms with Gasteiger partial charge in [0.15, 0.2) is 22.0 Å². The van der Waals surface area contributed by atoms with E-state index in [9.17, 15) is 13.2 Å². The molecule has 0 unspecified atom stereocenters. The third-order valence-electron chi connectivity index (χ3n) is 3.18. The number of aryl methyl sites for hydroxylation is 2. The molecule has 23 heavy (non-hydrogen) atoms. The highest BCUT2D eigenvalue weighted by atomic mass is 32.2. The lowest BCUT2D eigenvalue weighted by molar-refractivity contribution is -0.704. The van der Waals surface area contributed by atoms with Crippen molar-refractivity contribution in [2.24, 2.45) is 0 Å². The molecule has 0 spiro atoms. The summed E-state index contributed by atoms with van der Waals surface area (Å²) in [6.45, 7) is 5.68. The van der Waals surface area contributed by atoms with Crippen LogP contribution in [0.25, 0.3) is 0 Å². The van der Waals surface area contributed by atoms with E-state index < -0.39 is 15.6 Å². The number of pyridine rings is 1. The van der Waals surface area contributed by atoms with Crippen molar-refractivity contribution in [3.05, 3.63) is 30.1 Å². The normalized spacial score (nSPS) is 11.7. The van der Waals surface area contributed by atoms with Gasteiger partial charge in [-0.3, -0.25) is 0 Å². The van der Waals surface area contributed by atoms with E-state index in [0.717, 1.165) is 6.42 Å². The summed E-state index contributed by atoms with van der Waals surface area (Å²) in [7, 11) is -6.09. The molecule has 0 saturated carbocycles. The zero-order chi connectivity index (χ0) is 17.9. The van der Waals surface area contributed by atoms with Crippen LogP contribution in [-0.2, 0) is 23.1 Å². The second-order valence-electron chi connectivity index (χ2n) is 5.05. The summed E-state index contributed by atoms with van der Waals surface area (Å²) in [5.74, 6) is 0. The highest BCUT2D eigenvalue weighted by molar-refractivity contribution is 7.86. The van der Waals surface area contributed by atoms with Gasteiger partial charge in [-0.2, -0.15) is 13.2 Å².